The maximum atomic E-state index is 15.7. The lowest BCUT2D eigenvalue weighted by atomic mass is 9.77. The molecule has 1 aliphatic heterocycles. The van der Waals surface area contributed by atoms with E-state index < -0.39 is 29.8 Å². The molecule has 1 aromatic carbocycles. The van der Waals surface area contributed by atoms with Crippen molar-refractivity contribution in [3.05, 3.63) is 53.1 Å². The van der Waals surface area contributed by atoms with Crippen molar-refractivity contribution in [3.8, 4) is 0 Å². The second kappa shape index (κ2) is 16.8. The van der Waals surface area contributed by atoms with Gasteiger partial charge in [0.15, 0.2) is 5.78 Å². The number of carboxylic acid groups (broad SMARTS) is 1. The lowest BCUT2D eigenvalue weighted by Gasteiger charge is -2.35. The molecule has 48 heavy (non-hydrogen) atoms. The Kier molecular flexibility index (Phi) is 12.9. The molecule has 12 heteroatoms. The van der Waals surface area contributed by atoms with Crippen LogP contribution in [0.25, 0.3) is 0 Å². The van der Waals surface area contributed by atoms with E-state index in [-0.39, 0.29) is 60.2 Å². The van der Waals surface area contributed by atoms with Crippen molar-refractivity contribution in [2.45, 2.75) is 110 Å². The zero-order valence-electron chi connectivity index (χ0n) is 28.5. The molecule has 2 heterocycles. The molecule has 0 bridgehead atoms. The highest BCUT2D eigenvalue weighted by Crippen LogP contribution is 2.32. The van der Waals surface area contributed by atoms with E-state index in [2.05, 4.69) is 22.7 Å². The molecule has 2 aliphatic rings. The molecule has 1 saturated carbocycles. The summed E-state index contributed by atoms with van der Waals surface area (Å²) < 4.78 is 17.3. The summed E-state index contributed by atoms with van der Waals surface area (Å²) in [5.41, 5.74) is 1.06. The van der Waals surface area contributed by atoms with Crippen molar-refractivity contribution in [1.29, 1.82) is 0 Å². The maximum Gasteiger partial charge on any atom is 0.303 e. The molecule has 0 unspecified atom stereocenters. The third-order valence-corrected chi connectivity index (χ3v) is 10.2. The van der Waals surface area contributed by atoms with Gasteiger partial charge in [-0.05, 0) is 73.6 Å². The molecular formula is C36H50FN5O6. The van der Waals surface area contributed by atoms with Gasteiger partial charge in [0.05, 0.1) is 6.04 Å². The highest BCUT2D eigenvalue weighted by Gasteiger charge is 2.35. The Morgan fingerprint density at radius 1 is 1.00 bits per heavy atom. The molecule has 3 atom stereocenters. The van der Waals surface area contributed by atoms with Gasteiger partial charge < -0.3 is 20.6 Å². The predicted octanol–water partition coefficient (Wildman–Crippen LogP) is 4.49. The van der Waals surface area contributed by atoms with Crippen molar-refractivity contribution in [3.63, 3.8) is 0 Å². The minimum absolute atomic E-state index is 0.00792. The summed E-state index contributed by atoms with van der Waals surface area (Å²) in [6, 6.07) is 4.46. The predicted molar refractivity (Wildman–Crippen MR) is 178 cm³/mol. The number of aryl methyl sites for hydroxylation is 1. The van der Waals surface area contributed by atoms with Crippen molar-refractivity contribution in [1.82, 2.24) is 25.3 Å². The van der Waals surface area contributed by atoms with Gasteiger partial charge in [-0.15, -0.1) is 0 Å². The highest BCUT2D eigenvalue weighted by molar-refractivity contribution is 5.97. The van der Waals surface area contributed by atoms with Crippen LogP contribution in [-0.2, 0) is 32.1 Å². The van der Waals surface area contributed by atoms with E-state index in [1.54, 1.807) is 47.8 Å². The Bertz CT molecular complexity index is 1460. The third kappa shape index (κ3) is 9.29. The fourth-order valence-corrected chi connectivity index (χ4v) is 7.03. The molecule has 3 N–H and O–H groups in total. The fraction of sp³-hybridized carbons (Fsp3) is 0.611. The van der Waals surface area contributed by atoms with Crippen LogP contribution in [0, 0.1) is 23.6 Å². The van der Waals surface area contributed by atoms with Crippen molar-refractivity contribution < 1.29 is 33.5 Å². The number of benzene rings is 1. The van der Waals surface area contributed by atoms with Crippen LogP contribution in [0.3, 0.4) is 0 Å². The van der Waals surface area contributed by atoms with Crippen molar-refractivity contribution in [2.24, 2.45) is 17.8 Å². The van der Waals surface area contributed by atoms with Crippen molar-refractivity contribution >= 4 is 29.5 Å². The summed E-state index contributed by atoms with van der Waals surface area (Å²) in [6.07, 6.45) is 6.17. The second-order valence-electron chi connectivity index (χ2n) is 13.6. The number of hydrogen-bond donors (Lipinski definition) is 3. The fourth-order valence-electron chi connectivity index (χ4n) is 7.03. The van der Waals surface area contributed by atoms with Gasteiger partial charge in [-0.3, -0.25) is 28.7 Å². The summed E-state index contributed by atoms with van der Waals surface area (Å²) in [4.78, 5) is 66.0. The first kappa shape index (κ1) is 36.7. The number of nitrogens with zero attached hydrogens (tertiary/aromatic N) is 3. The van der Waals surface area contributed by atoms with Gasteiger partial charge in [0.25, 0.3) is 5.91 Å². The summed E-state index contributed by atoms with van der Waals surface area (Å²) in [5.74, 6) is -2.80. The molecule has 1 aliphatic carbocycles. The van der Waals surface area contributed by atoms with E-state index >= 15 is 4.39 Å². The third-order valence-electron chi connectivity index (χ3n) is 10.2. The van der Waals surface area contributed by atoms with Gasteiger partial charge in [0, 0.05) is 51.0 Å². The van der Waals surface area contributed by atoms with Crippen molar-refractivity contribution in [2.75, 3.05) is 13.1 Å². The number of likely N-dealkylation sites (tertiary alicyclic amines) is 1. The number of Topliss-reactive ketones (excluding diaryl/α,β-unsaturated/α-hetero) is 1. The Balaban J connectivity index is 1.50. The van der Waals surface area contributed by atoms with Crippen LogP contribution in [0.15, 0.2) is 30.5 Å². The second-order valence-corrected chi connectivity index (χ2v) is 13.6. The highest BCUT2D eigenvalue weighted by atomic mass is 19.1. The van der Waals surface area contributed by atoms with E-state index in [0.29, 0.717) is 49.7 Å². The number of aliphatic carboxylic acids is 1. The smallest absolute Gasteiger partial charge is 0.303 e. The quantitative estimate of drug-likeness (QED) is 0.269. The molecule has 262 valence electrons. The monoisotopic (exact) mass is 667 g/mol. The zero-order chi connectivity index (χ0) is 35.0. The Morgan fingerprint density at radius 2 is 1.69 bits per heavy atom. The summed E-state index contributed by atoms with van der Waals surface area (Å²) in [6.45, 7) is 8.78. The molecule has 4 rings (SSSR count). The van der Waals surface area contributed by atoms with Crippen LogP contribution < -0.4 is 10.6 Å². The number of carbonyl (C=O) groups excluding carboxylic acids is 4. The van der Waals surface area contributed by atoms with Gasteiger partial charge in [0.2, 0.25) is 11.8 Å². The number of nitrogens with one attached hydrogen (secondary N) is 2. The standard InChI is InChI=1S/C36H50FN5O6/c1-5-31(44)39-33(36(48)41-17-14-24(15-18-41)19-32(45)46)23(4)26-11-12-27(28(37)20-26)21-30(43)34(25-9-7-22(3)8-10-25)40-35(47)29-13-16-38-42(29)6-2/h11-13,16,20,22-25,33-34H,5-10,14-15,17-19,21H2,1-4H3,(H,39,44)(H,40,47)(H,45,46)/t22?,23-,25?,33+,34-/m0/s1. The average molecular weight is 668 g/mol. The van der Waals surface area contributed by atoms with Crippen LogP contribution in [-0.4, -0.2) is 74.4 Å². The molecule has 2 aromatic rings. The lowest BCUT2D eigenvalue weighted by Crippen LogP contribution is -2.52. The van der Waals surface area contributed by atoms with Gasteiger partial charge in [-0.1, -0.05) is 45.7 Å². The molecule has 0 spiro atoms. The van der Waals surface area contributed by atoms with Gasteiger partial charge in [-0.2, -0.15) is 5.10 Å². The normalized spacial score (nSPS) is 20.4. The van der Waals surface area contributed by atoms with Crippen LogP contribution in [0.1, 0.15) is 107 Å². The Morgan fingerprint density at radius 3 is 2.29 bits per heavy atom. The first-order chi connectivity index (χ1) is 22.9. The van der Waals surface area contributed by atoms with Gasteiger partial charge in [0.1, 0.15) is 17.6 Å². The average Bonchev–Trinajstić information content (AvgIpc) is 3.56. The van der Waals surface area contributed by atoms with E-state index in [4.69, 9.17) is 5.11 Å². The zero-order valence-corrected chi connectivity index (χ0v) is 28.5. The summed E-state index contributed by atoms with van der Waals surface area (Å²) >= 11 is 0. The van der Waals surface area contributed by atoms with Crippen LogP contribution in [0.5, 0.6) is 0 Å². The van der Waals surface area contributed by atoms with E-state index in [0.717, 1.165) is 25.7 Å². The minimum atomic E-state index is -0.940. The van der Waals surface area contributed by atoms with Gasteiger partial charge >= 0.3 is 5.97 Å². The number of halogens is 1. The van der Waals surface area contributed by atoms with Gasteiger partial charge in [-0.25, -0.2) is 4.39 Å². The first-order valence-electron chi connectivity index (χ1n) is 17.3. The largest absolute Gasteiger partial charge is 0.481 e. The molecule has 1 aromatic heterocycles. The summed E-state index contributed by atoms with van der Waals surface area (Å²) in [7, 11) is 0. The van der Waals surface area contributed by atoms with Crippen LogP contribution in [0.4, 0.5) is 4.39 Å². The van der Waals surface area contributed by atoms with Crippen LogP contribution >= 0.6 is 0 Å². The van der Waals surface area contributed by atoms with E-state index in [1.165, 1.54) is 6.07 Å². The molecule has 1 saturated heterocycles. The molecule has 0 radical (unpaired) electrons. The van der Waals surface area contributed by atoms with Crippen LogP contribution in [0.2, 0.25) is 0 Å². The number of aromatic nitrogens is 2. The Hall–Kier alpha value is -4.09. The Labute approximate surface area is 282 Å². The minimum Gasteiger partial charge on any atom is -0.481 e. The SMILES string of the molecule is CCC(=O)N[C@@H](C(=O)N1CCC(CC(=O)O)CC1)[C@@H](C)c1ccc(CC(=O)[C@@H](NC(=O)c2ccnn2CC)C2CCC(C)CC2)c(F)c1. The maximum absolute atomic E-state index is 15.7. The number of amides is 3. The number of carboxylic acids is 1. The molecule has 2 fully saturated rings. The lowest BCUT2D eigenvalue weighted by molar-refractivity contribution is -0.140. The number of ketones is 1. The molecule has 11 nitrogen and oxygen atoms in total. The van der Waals surface area contributed by atoms with E-state index in [1.807, 2.05) is 6.92 Å². The molecule has 3 amide bonds. The first-order valence-corrected chi connectivity index (χ1v) is 17.3. The molecular weight excluding hydrogens is 617 g/mol. The number of hydrogen-bond acceptors (Lipinski definition) is 6. The summed E-state index contributed by atoms with van der Waals surface area (Å²) in [5, 5.41) is 19.1. The number of piperidine rings is 1. The van der Waals surface area contributed by atoms with E-state index in [9.17, 15) is 24.0 Å². The topological polar surface area (TPSA) is 151 Å². The number of rotatable bonds is 14. The number of carbonyl (C=O) groups is 5.